The summed E-state index contributed by atoms with van der Waals surface area (Å²) in [5.74, 6) is 0.00949. The Morgan fingerprint density at radius 1 is 0.279 bits per heavy atom. The lowest BCUT2D eigenvalue weighted by Crippen LogP contribution is -2.30. The van der Waals surface area contributed by atoms with Crippen molar-refractivity contribution in [1.29, 1.82) is 0 Å². The zero-order valence-corrected chi connectivity index (χ0v) is 46.6. The second kappa shape index (κ2) is 56.3. The fraction of sp³-hybridized carbons (Fsp3) is 0.952. The summed E-state index contributed by atoms with van der Waals surface area (Å²) in [6.07, 6.45) is 62.4. The summed E-state index contributed by atoms with van der Waals surface area (Å²) >= 11 is 0. The van der Waals surface area contributed by atoms with Crippen LogP contribution in [-0.4, -0.2) is 37.2 Å². The van der Waals surface area contributed by atoms with Gasteiger partial charge in [0.25, 0.3) is 0 Å². The molecule has 0 amide bonds. The summed E-state index contributed by atoms with van der Waals surface area (Å²) in [7, 11) is 0. The van der Waals surface area contributed by atoms with Crippen molar-refractivity contribution in [3.05, 3.63) is 0 Å². The quantitative estimate of drug-likeness (QED) is 0.0343. The van der Waals surface area contributed by atoms with Gasteiger partial charge in [-0.15, -0.1) is 0 Å². The lowest BCUT2D eigenvalue weighted by Gasteiger charge is -2.18. The van der Waals surface area contributed by atoms with Crippen molar-refractivity contribution in [2.75, 3.05) is 13.2 Å². The van der Waals surface area contributed by atoms with Crippen molar-refractivity contribution >= 4 is 17.9 Å². The molecule has 0 aromatic carbocycles. The Bertz CT molecular complexity index is 1030. The van der Waals surface area contributed by atoms with Gasteiger partial charge in [-0.1, -0.05) is 317 Å². The first kappa shape index (κ1) is 66.4. The van der Waals surface area contributed by atoms with Crippen LogP contribution in [0.1, 0.15) is 355 Å². The Balaban J connectivity index is 4.28. The molecule has 0 saturated carbocycles. The average molecular weight is 962 g/mol. The van der Waals surface area contributed by atoms with Gasteiger partial charge in [0.1, 0.15) is 13.2 Å². The fourth-order valence-electron chi connectivity index (χ4n) is 9.63. The van der Waals surface area contributed by atoms with Gasteiger partial charge in [0.2, 0.25) is 0 Å². The van der Waals surface area contributed by atoms with Gasteiger partial charge < -0.3 is 14.2 Å². The van der Waals surface area contributed by atoms with Crippen LogP contribution >= 0.6 is 0 Å². The van der Waals surface area contributed by atoms with E-state index in [4.69, 9.17) is 14.2 Å². The summed E-state index contributed by atoms with van der Waals surface area (Å²) in [6, 6.07) is 0. The zero-order chi connectivity index (χ0) is 49.5. The van der Waals surface area contributed by atoms with Crippen molar-refractivity contribution in [3.8, 4) is 0 Å². The van der Waals surface area contributed by atoms with Gasteiger partial charge in [-0.25, -0.2) is 0 Å². The standard InChI is InChI=1S/C62H120O6/c1-5-7-9-11-13-15-17-19-21-22-23-24-26-30-35-39-43-47-51-55-62(65)68-59(56-66-60(63)53-49-45-41-37-33-29-25-20-18-16-14-12-10-8-6-2)57-67-61(64)54-50-46-42-38-34-31-27-28-32-36-40-44-48-52-58(3)4/h58-59H,5-57H2,1-4H3/t59-/m0/s1. The molecule has 0 aliphatic rings. The summed E-state index contributed by atoms with van der Waals surface area (Å²) in [5.41, 5.74) is 0. The molecule has 1 atom stereocenters. The molecule has 68 heavy (non-hydrogen) atoms. The molecule has 0 heterocycles. The number of esters is 3. The minimum atomic E-state index is -0.762. The smallest absolute Gasteiger partial charge is 0.306 e. The summed E-state index contributed by atoms with van der Waals surface area (Å²) < 4.78 is 16.9. The molecule has 0 fully saturated rings. The lowest BCUT2D eigenvalue weighted by molar-refractivity contribution is -0.167. The molecule has 0 aliphatic carbocycles. The zero-order valence-electron chi connectivity index (χ0n) is 46.6. The number of hydrogen-bond acceptors (Lipinski definition) is 6. The third-order valence-corrected chi connectivity index (χ3v) is 14.3. The van der Waals surface area contributed by atoms with Gasteiger partial charge in [0.05, 0.1) is 0 Å². The molecule has 6 heteroatoms. The van der Waals surface area contributed by atoms with E-state index in [0.29, 0.717) is 19.3 Å². The molecule has 0 aliphatic heterocycles. The third kappa shape index (κ3) is 55.3. The van der Waals surface area contributed by atoms with Crippen LogP contribution in [0.4, 0.5) is 0 Å². The van der Waals surface area contributed by atoms with Crippen molar-refractivity contribution in [1.82, 2.24) is 0 Å². The van der Waals surface area contributed by atoms with Crippen LogP contribution in [0.3, 0.4) is 0 Å². The van der Waals surface area contributed by atoms with Crippen LogP contribution in [-0.2, 0) is 28.6 Å². The minimum Gasteiger partial charge on any atom is -0.462 e. The highest BCUT2D eigenvalue weighted by molar-refractivity contribution is 5.71. The molecule has 0 radical (unpaired) electrons. The van der Waals surface area contributed by atoms with Gasteiger partial charge in [0.15, 0.2) is 6.10 Å². The maximum absolute atomic E-state index is 12.9. The Hall–Kier alpha value is -1.59. The Morgan fingerprint density at radius 2 is 0.485 bits per heavy atom. The van der Waals surface area contributed by atoms with E-state index in [9.17, 15) is 14.4 Å². The fourth-order valence-corrected chi connectivity index (χ4v) is 9.63. The molecule has 0 rings (SSSR count). The van der Waals surface area contributed by atoms with Crippen LogP contribution in [0.2, 0.25) is 0 Å². The van der Waals surface area contributed by atoms with Crippen LogP contribution in [0.15, 0.2) is 0 Å². The highest BCUT2D eigenvalue weighted by Crippen LogP contribution is 2.18. The summed E-state index contributed by atoms with van der Waals surface area (Å²) in [4.78, 5) is 38.2. The van der Waals surface area contributed by atoms with Crippen molar-refractivity contribution in [2.45, 2.75) is 361 Å². The maximum Gasteiger partial charge on any atom is 0.306 e. The van der Waals surface area contributed by atoms with Gasteiger partial charge >= 0.3 is 17.9 Å². The number of rotatable bonds is 57. The first-order valence-electron chi connectivity index (χ1n) is 30.9. The number of carbonyl (C=O) groups is 3. The second-order valence-corrected chi connectivity index (χ2v) is 21.8. The van der Waals surface area contributed by atoms with Crippen molar-refractivity contribution in [2.24, 2.45) is 5.92 Å². The normalized spacial score (nSPS) is 12.0. The third-order valence-electron chi connectivity index (χ3n) is 14.3. The maximum atomic E-state index is 12.9. The van der Waals surface area contributed by atoms with E-state index in [-0.39, 0.29) is 31.1 Å². The van der Waals surface area contributed by atoms with E-state index >= 15 is 0 Å². The molecule has 0 unspecified atom stereocenters. The molecule has 0 saturated heterocycles. The molecule has 404 valence electrons. The Kier molecular flexibility index (Phi) is 55.0. The number of carbonyl (C=O) groups excluding carboxylic acids is 3. The van der Waals surface area contributed by atoms with Crippen molar-refractivity contribution in [3.63, 3.8) is 0 Å². The predicted molar refractivity (Wildman–Crippen MR) is 293 cm³/mol. The molecule has 0 aromatic heterocycles. The first-order valence-corrected chi connectivity index (χ1v) is 30.9. The van der Waals surface area contributed by atoms with E-state index in [1.54, 1.807) is 0 Å². The molecule has 0 bridgehead atoms. The number of unbranched alkanes of at least 4 members (excludes halogenated alkanes) is 44. The molecular formula is C62H120O6. The summed E-state index contributed by atoms with van der Waals surface area (Å²) in [6.45, 7) is 9.08. The largest absolute Gasteiger partial charge is 0.462 e. The van der Waals surface area contributed by atoms with Gasteiger partial charge in [-0.3, -0.25) is 14.4 Å². The molecule has 0 spiro atoms. The number of ether oxygens (including phenoxy) is 3. The predicted octanol–water partition coefficient (Wildman–Crippen LogP) is 20.6. The van der Waals surface area contributed by atoms with Crippen LogP contribution in [0.25, 0.3) is 0 Å². The monoisotopic (exact) mass is 961 g/mol. The highest BCUT2D eigenvalue weighted by atomic mass is 16.6. The highest BCUT2D eigenvalue weighted by Gasteiger charge is 2.19. The summed E-state index contributed by atoms with van der Waals surface area (Å²) in [5, 5.41) is 0. The molecule has 6 nitrogen and oxygen atoms in total. The molecular weight excluding hydrogens is 841 g/mol. The van der Waals surface area contributed by atoms with E-state index in [2.05, 4.69) is 27.7 Å². The van der Waals surface area contributed by atoms with Gasteiger partial charge in [-0.05, 0) is 25.2 Å². The SMILES string of the molecule is CCCCCCCCCCCCCCCCCCCCCC(=O)O[C@@H](COC(=O)CCCCCCCCCCCCCCCCC)COC(=O)CCCCCCCCCCCCCCCC(C)C. The number of hydrogen-bond donors (Lipinski definition) is 0. The first-order chi connectivity index (χ1) is 33.4. The Labute approximate surface area is 425 Å². The lowest BCUT2D eigenvalue weighted by atomic mass is 10.0. The van der Waals surface area contributed by atoms with Crippen LogP contribution < -0.4 is 0 Å². The molecule has 0 N–H and O–H groups in total. The van der Waals surface area contributed by atoms with Crippen molar-refractivity contribution < 1.29 is 28.6 Å². The average Bonchev–Trinajstić information content (AvgIpc) is 3.32. The minimum absolute atomic E-state index is 0.0614. The Morgan fingerprint density at radius 3 is 0.721 bits per heavy atom. The van der Waals surface area contributed by atoms with E-state index in [1.807, 2.05) is 0 Å². The van der Waals surface area contributed by atoms with Crippen LogP contribution in [0.5, 0.6) is 0 Å². The second-order valence-electron chi connectivity index (χ2n) is 21.8. The topological polar surface area (TPSA) is 78.9 Å². The van der Waals surface area contributed by atoms with E-state index < -0.39 is 6.10 Å². The van der Waals surface area contributed by atoms with E-state index in [1.165, 1.54) is 250 Å². The van der Waals surface area contributed by atoms with Crippen LogP contribution in [0, 0.1) is 5.92 Å². The van der Waals surface area contributed by atoms with E-state index in [0.717, 1.165) is 63.7 Å². The molecule has 0 aromatic rings. The van der Waals surface area contributed by atoms with Gasteiger partial charge in [-0.2, -0.15) is 0 Å². The van der Waals surface area contributed by atoms with Gasteiger partial charge in [0, 0.05) is 19.3 Å².